The summed E-state index contributed by atoms with van der Waals surface area (Å²) in [6.07, 6.45) is 0. The Morgan fingerprint density at radius 1 is 0.288 bits per heavy atom. The summed E-state index contributed by atoms with van der Waals surface area (Å²) in [7, 11) is 0. The normalized spacial score (nSPS) is 14.1. The van der Waals surface area contributed by atoms with Crippen LogP contribution in [0.15, 0.2) is 279 Å². The van der Waals surface area contributed by atoms with Crippen LogP contribution in [-0.2, 0) is 5.41 Å². The molecule has 1 atom stereocenters. The van der Waals surface area contributed by atoms with Crippen LogP contribution in [0.4, 0.5) is 17.1 Å². The molecule has 0 bridgehead atoms. The van der Waals surface area contributed by atoms with E-state index in [0.29, 0.717) is 0 Å². The zero-order valence-electron chi connectivity index (χ0n) is 40.0. The van der Waals surface area contributed by atoms with E-state index in [1.165, 1.54) is 116 Å². The van der Waals surface area contributed by atoms with E-state index < -0.39 is 5.41 Å². The lowest BCUT2D eigenvalue weighted by Gasteiger charge is -2.39. The number of nitrogens with zero attached hydrogens (tertiary/aromatic N) is 2. The van der Waals surface area contributed by atoms with Crippen molar-refractivity contribution in [3.8, 4) is 61.3 Å². The highest BCUT2D eigenvalue weighted by atomic mass is 15.1. The maximum Gasteiger partial charge on any atom is 0.0754 e. The molecule has 1 aliphatic heterocycles. The second-order valence-corrected chi connectivity index (χ2v) is 19.6. The number of aromatic nitrogens is 1. The van der Waals surface area contributed by atoms with Crippen molar-refractivity contribution < 1.29 is 0 Å². The van der Waals surface area contributed by atoms with Crippen LogP contribution in [-0.4, -0.2) is 4.57 Å². The van der Waals surface area contributed by atoms with Crippen LogP contribution in [0.3, 0.4) is 0 Å². The molecule has 15 rings (SSSR count). The van der Waals surface area contributed by atoms with Gasteiger partial charge in [-0.05, 0) is 138 Å². The van der Waals surface area contributed by atoms with Crippen molar-refractivity contribution in [2.24, 2.45) is 0 Å². The van der Waals surface area contributed by atoms with Crippen molar-refractivity contribution in [1.82, 2.24) is 4.57 Å². The van der Waals surface area contributed by atoms with Gasteiger partial charge < -0.3 is 9.47 Å². The number of fused-ring (bicyclic) bond motifs is 13. The van der Waals surface area contributed by atoms with Gasteiger partial charge in [0.15, 0.2) is 0 Å². The monoisotopic (exact) mass is 926 g/mol. The molecular weight excluding hydrogens is 881 g/mol. The molecule has 13 aromatic rings. The van der Waals surface area contributed by atoms with E-state index >= 15 is 0 Å². The first-order valence-electron chi connectivity index (χ1n) is 25.3. The van der Waals surface area contributed by atoms with E-state index in [9.17, 15) is 0 Å². The summed E-state index contributed by atoms with van der Waals surface area (Å²) >= 11 is 0. The minimum absolute atomic E-state index is 0.503. The molecule has 0 radical (unpaired) electrons. The number of anilines is 3. The van der Waals surface area contributed by atoms with Crippen molar-refractivity contribution in [2.45, 2.75) is 5.41 Å². The van der Waals surface area contributed by atoms with Crippen molar-refractivity contribution in [3.05, 3.63) is 301 Å². The van der Waals surface area contributed by atoms with Crippen molar-refractivity contribution in [1.29, 1.82) is 0 Å². The van der Waals surface area contributed by atoms with Crippen LogP contribution in [0.2, 0.25) is 0 Å². The first-order chi connectivity index (χ1) is 36.2. The number of hydrogen-bond acceptors (Lipinski definition) is 1. The summed E-state index contributed by atoms with van der Waals surface area (Å²) in [6, 6.07) is 103. The maximum atomic E-state index is 2.52. The Morgan fingerprint density at radius 2 is 0.808 bits per heavy atom. The Labute approximate surface area is 425 Å². The van der Waals surface area contributed by atoms with Gasteiger partial charge >= 0.3 is 0 Å². The zero-order valence-corrected chi connectivity index (χ0v) is 40.0. The summed E-state index contributed by atoms with van der Waals surface area (Å²) in [4.78, 5) is 2.42. The second-order valence-electron chi connectivity index (χ2n) is 19.6. The number of rotatable bonds is 7. The molecule has 73 heavy (non-hydrogen) atoms. The third kappa shape index (κ3) is 6.24. The highest BCUT2D eigenvalue weighted by Crippen LogP contribution is 2.61. The molecule has 2 nitrogen and oxygen atoms in total. The molecule has 2 heteroatoms. The second kappa shape index (κ2) is 16.3. The summed E-state index contributed by atoms with van der Waals surface area (Å²) < 4.78 is 2.52. The van der Waals surface area contributed by atoms with Gasteiger partial charge in [-0.2, -0.15) is 0 Å². The Morgan fingerprint density at radius 3 is 1.60 bits per heavy atom. The molecule has 2 heterocycles. The van der Waals surface area contributed by atoms with E-state index in [0.717, 1.165) is 17.1 Å². The molecule has 0 N–H and O–H groups in total. The predicted molar refractivity (Wildman–Crippen MR) is 306 cm³/mol. The Bertz CT molecular complexity index is 4300. The third-order valence-corrected chi connectivity index (χ3v) is 15.8. The fourth-order valence-electron chi connectivity index (χ4n) is 12.5. The highest BCUT2D eigenvalue weighted by Gasteiger charge is 2.50. The quantitative estimate of drug-likeness (QED) is 0.155. The minimum atomic E-state index is -0.503. The summed E-state index contributed by atoms with van der Waals surface area (Å²) in [5, 5.41) is 4.96. The number of para-hydroxylation sites is 4. The fraction of sp³-hybridized carbons (Fsp3) is 0.0141. The van der Waals surface area contributed by atoms with Crippen LogP contribution in [0.1, 0.15) is 22.3 Å². The smallest absolute Gasteiger partial charge is 0.0754 e. The number of hydrogen-bond donors (Lipinski definition) is 0. The van der Waals surface area contributed by atoms with Gasteiger partial charge in [0.05, 0.1) is 27.8 Å². The summed E-state index contributed by atoms with van der Waals surface area (Å²) in [6.45, 7) is 0. The largest absolute Gasteiger partial charge is 0.310 e. The molecule has 12 aromatic carbocycles. The molecule has 0 saturated carbocycles. The lowest BCUT2D eigenvalue weighted by Crippen LogP contribution is -2.33. The van der Waals surface area contributed by atoms with Gasteiger partial charge in [0.25, 0.3) is 0 Å². The SMILES string of the molecule is c1ccc(-c2ccc(-c3ccccc3N(c3ccc(-c4ccccc4)cc3)c3ccc4cc(-c5ccc6c(c5)C5(c7ccccc7-6)c6ccccc6-n6c7ccccc7c7cccc5c76)ccc4c3)cc2)cc1. The zero-order chi connectivity index (χ0) is 48.0. The van der Waals surface area contributed by atoms with Crippen LogP contribution in [0.5, 0.6) is 0 Å². The molecular formula is C71H46N2. The average molecular weight is 927 g/mol. The average Bonchev–Trinajstić information content (AvgIpc) is 4.08. The Hall–Kier alpha value is -9.50. The van der Waals surface area contributed by atoms with Crippen molar-refractivity contribution in [3.63, 3.8) is 0 Å². The molecule has 0 fully saturated rings. The standard InChI is InChI=1S/C71H46N2/c1-3-16-47(17-4-1)49-30-32-51(33-31-49)58-20-8-12-27-67(58)72(56-40-36-50(37-41-56)48-18-5-2-6-19-48)57-42-38-53-44-52(34-35-54(53)45-57)55-39-43-60-59-21-7-10-24-63(59)71(66(60)46-55)64-25-11-14-29-69(64)73-68-28-13-9-22-61(68)62-23-15-26-65(71)70(62)73/h1-46H. The summed E-state index contributed by atoms with van der Waals surface area (Å²) in [5.41, 5.74) is 24.1. The molecule has 1 spiro atoms. The Kier molecular flexibility index (Phi) is 9.21. The van der Waals surface area contributed by atoms with Gasteiger partial charge in [-0.15, -0.1) is 0 Å². The maximum absolute atomic E-state index is 2.52. The van der Waals surface area contributed by atoms with Gasteiger partial charge in [-0.3, -0.25) is 0 Å². The lowest BCUT2D eigenvalue weighted by atomic mass is 9.65. The van der Waals surface area contributed by atoms with Gasteiger partial charge in [0.1, 0.15) is 0 Å². The third-order valence-electron chi connectivity index (χ3n) is 15.8. The van der Waals surface area contributed by atoms with Crippen LogP contribution in [0.25, 0.3) is 93.9 Å². The number of benzene rings is 12. The van der Waals surface area contributed by atoms with E-state index in [4.69, 9.17) is 0 Å². The van der Waals surface area contributed by atoms with Crippen LogP contribution in [0, 0.1) is 0 Å². The molecule has 0 amide bonds. The molecule has 1 aliphatic carbocycles. The van der Waals surface area contributed by atoms with E-state index in [2.05, 4.69) is 289 Å². The molecule has 0 saturated heterocycles. The van der Waals surface area contributed by atoms with E-state index in [1.807, 2.05) is 0 Å². The Balaban J connectivity index is 0.861. The fourth-order valence-corrected chi connectivity index (χ4v) is 12.5. The van der Waals surface area contributed by atoms with Gasteiger partial charge in [0.2, 0.25) is 0 Å². The summed E-state index contributed by atoms with van der Waals surface area (Å²) in [5.74, 6) is 0. The molecule has 1 aromatic heterocycles. The molecule has 1 unspecified atom stereocenters. The van der Waals surface area contributed by atoms with E-state index in [1.54, 1.807) is 0 Å². The topological polar surface area (TPSA) is 8.17 Å². The van der Waals surface area contributed by atoms with Crippen LogP contribution >= 0.6 is 0 Å². The van der Waals surface area contributed by atoms with E-state index in [-0.39, 0.29) is 0 Å². The molecule has 340 valence electrons. The molecule has 2 aliphatic rings. The predicted octanol–water partition coefficient (Wildman–Crippen LogP) is 18.8. The van der Waals surface area contributed by atoms with Crippen molar-refractivity contribution in [2.75, 3.05) is 4.90 Å². The minimum Gasteiger partial charge on any atom is -0.310 e. The van der Waals surface area contributed by atoms with Crippen molar-refractivity contribution >= 4 is 49.6 Å². The highest BCUT2D eigenvalue weighted by molar-refractivity contribution is 6.13. The first-order valence-corrected chi connectivity index (χ1v) is 25.3. The van der Waals surface area contributed by atoms with Gasteiger partial charge in [0, 0.05) is 27.7 Å². The van der Waals surface area contributed by atoms with Gasteiger partial charge in [-0.1, -0.05) is 224 Å². The van der Waals surface area contributed by atoms with Crippen LogP contribution < -0.4 is 4.90 Å². The first kappa shape index (κ1) is 41.3. The lowest BCUT2D eigenvalue weighted by molar-refractivity contribution is 0.749. The van der Waals surface area contributed by atoms with Gasteiger partial charge in [-0.25, -0.2) is 0 Å².